The summed E-state index contributed by atoms with van der Waals surface area (Å²) in [7, 11) is 1.64. The number of aromatic nitrogens is 1. The number of Topliss-reactive ketones (excluding diaryl/α,β-unsaturated/α-hetero) is 1. The molecule has 7 rings (SSSR count). The van der Waals surface area contributed by atoms with Crippen molar-refractivity contribution in [2.45, 2.75) is 70.6 Å². The van der Waals surface area contributed by atoms with Crippen LogP contribution in [0.4, 0.5) is 0 Å². The summed E-state index contributed by atoms with van der Waals surface area (Å²) in [6.07, 6.45) is 12.9. The lowest BCUT2D eigenvalue weighted by Gasteiger charge is -2.52. The Kier molecular flexibility index (Phi) is 5.72. The molecule has 3 fully saturated rings. The zero-order valence-electron chi connectivity index (χ0n) is 22.5. The maximum Gasteiger partial charge on any atom is 0.212 e. The second-order valence-electron chi connectivity index (χ2n) is 12.6. The van der Waals surface area contributed by atoms with Crippen molar-refractivity contribution in [3.63, 3.8) is 0 Å². The molecule has 0 unspecified atom stereocenters. The van der Waals surface area contributed by atoms with E-state index < -0.39 is 0 Å². The van der Waals surface area contributed by atoms with Crippen LogP contribution in [0.3, 0.4) is 0 Å². The first-order chi connectivity index (χ1) is 18.5. The van der Waals surface area contributed by atoms with Crippen LogP contribution in [0, 0.1) is 29.1 Å². The third-order valence-corrected chi connectivity index (χ3v) is 10.6. The van der Waals surface area contributed by atoms with Crippen molar-refractivity contribution in [2.24, 2.45) is 29.1 Å². The highest BCUT2D eigenvalue weighted by atomic mass is 16.5. The van der Waals surface area contributed by atoms with Crippen LogP contribution in [0.15, 0.2) is 65.4 Å². The van der Waals surface area contributed by atoms with Gasteiger partial charge in [-0.1, -0.05) is 36.8 Å². The first kappa shape index (κ1) is 24.1. The number of ketones is 2. The predicted molar refractivity (Wildman–Crippen MR) is 148 cm³/mol. The van der Waals surface area contributed by atoms with Gasteiger partial charge in [-0.2, -0.15) is 0 Å². The smallest absolute Gasteiger partial charge is 0.212 e. The molecule has 0 bridgehead atoms. The molecule has 38 heavy (non-hydrogen) atoms. The minimum atomic E-state index is 0.0589. The summed E-state index contributed by atoms with van der Waals surface area (Å²) in [6.45, 7) is 2.46. The summed E-state index contributed by atoms with van der Waals surface area (Å²) in [6, 6.07) is 13.0. The number of fused-ring (bicyclic) bond motifs is 4. The van der Waals surface area contributed by atoms with Gasteiger partial charge in [-0.3, -0.25) is 9.59 Å². The van der Waals surface area contributed by atoms with Crippen LogP contribution in [0.1, 0.15) is 76.2 Å². The minimum Gasteiger partial charge on any atom is -0.481 e. The Bertz CT molecular complexity index is 1350. The molecule has 1 aromatic carbocycles. The monoisotopic (exact) mass is 507 g/mol. The summed E-state index contributed by atoms with van der Waals surface area (Å²) in [5.41, 5.74) is 8.02. The fraction of sp³-hybridized carbons (Fsp3) is 0.500. The topological polar surface area (TPSA) is 56.3 Å². The molecule has 1 heterocycles. The van der Waals surface area contributed by atoms with Crippen LogP contribution in [0.2, 0.25) is 0 Å². The van der Waals surface area contributed by atoms with Crippen molar-refractivity contribution >= 4 is 11.6 Å². The molecule has 1 aromatic heterocycles. The molecule has 3 saturated carbocycles. The zero-order valence-corrected chi connectivity index (χ0v) is 22.5. The van der Waals surface area contributed by atoms with E-state index in [4.69, 9.17) is 4.74 Å². The van der Waals surface area contributed by atoms with Gasteiger partial charge in [0.2, 0.25) is 5.88 Å². The molecule has 0 N–H and O–H groups in total. The number of hydrogen-bond donors (Lipinski definition) is 0. The molecule has 4 nitrogen and oxygen atoms in total. The Balaban J connectivity index is 1.30. The van der Waals surface area contributed by atoms with Crippen LogP contribution in [-0.4, -0.2) is 23.7 Å². The molecule has 0 radical (unpaired) electrons. The van der Waals surface area contributed by atoms with Gasteiger partial charge in [-0.05, 0) is 103 Å². The lowest BCUT2D eigenvalue weighted by atomic mass is 9.51. The van der Waals surface area contributed by atoms with Gasteiger partial charge in [-0.15, -0.1) is 0 Å². The number of rotatable bonds is 5. The van der Waals surface area contributed by atoms with Crippen molar-refractivity contribution in [2.75, 3.05) is 7.11 Å². The van der Waals surface area contributed by atoms with Gasteiger partial charge in [0.05, 0.1) is 7.11 Å². The lowest BCUT2D eigenvalue weighted by Crippen LogP contribution is -2.45. The third kappa shape index (κ3) is 3.82. The molecule has 5 aliphatic rings. The lowest BCUT2D eigenvalue weighted by molar-refractivity contribution is -0.128. The van der Waals surface area contributed by atoms with Crippen molar-refractivity contribution in [1.82, 2.24) is 4.98 Å². The molecule has 5 aliphatic carbocycles. The largest absolute Gasteiger partial charge is 0.481 e. The molecule has 0 spiro atoms. The number of carbonyl (C=O) groups is 2. The van der Waals surface area contributed by atoms with E-state index in [1.807, 2.05) is 18.3 Å². The standard InChI is InChI=1S/C34H37NO3/c1-34-18-28(21-5-3-20(4-6-21)24-10-16-31(38-2)35-19-24)32-26-13-11-25(36)17-23(26)9-12-27(32)29(34)14-15-30(34)33(37)22-7-8-22/h3-6,10,16-17,19,22,27-30H,7-9,11-15,18H2,1-2H3/t27-,28+,29-,30+,34-/m0/s1. The van der Waals surface area contributed by atoms with E-state index in [0.29, 0.717) is 41.8 Å². The van der Waals surface area contributed by atoms with E-state index >= 15 is 0 Å². The Morgan fingerprint density at radius 3 is 2.45 bits per heavy atom. The van der Waals surface area contributed by atoms with Crippen LogP contribution < -0.4 is 4.74 Å². The molecular formula is C34H37NO3. The van der Waals surface area contributed by atoms with Crippen molar-refractivity contribution in [3.8, 4) is 17.0 Å². The number of benzene rings is 1. The average molecular weight is 508 g/mol. The Labute approximate surface area is 225 Å². The summed E-state index contributed by atoms with van der Waals surface area (Å²) < 4.78 is 5.23. The van der Waals surface area contributed by atoms with Crippen LogP contribution in [-0.2, 0) is 9.59 Å². The molecule has 0 amide bonds. The van der Waals surface area contributed by atoms with Gasteiger partial charge >= 0.3 is 0 Å². The number of nitrogens with zero attached hydrogens (tertiary/aromatic N) is 1. The quantitative estimate of drug-likeness (QED) is 0.428. The van der Waals surface area contributed by atoms with E-state index in [0.717, 1.165) is 56.1 Å². The Hall–Kier alpha value is -3.01. The molecule has 0 aliphatic heterocycles. The van der Waals surface area contributed by atoms with E-state index in [1.54, 1.807) is 12.7 Å². The predicted octanol–water partition coefficient (Wildman–Crippen LogP) is 7.25. The fourth-order valence-corrected chi connectivity index (χ4v) is 8.66. The highest BCUT2D eigenvalue weighted by Gasteiger charge is 2.59. The SMILES string of the molecule is COc1ccc(-c2ccc([C@H]3C[C@]4(C)[C@@H](C(=O)C5CC5)CC[C@H]4[C@@H]4CCC5=CC(=O)CCC5=C43)cc2)cn1. The summed E-state index contributed by atoms with van der Waals surface area (Å²) >= 11 is 0. The molecule has 5 atom stereocenters. The normalized spacial score (nSPS) is 32.3. The zero-order chi connectivity index (χ0) is 26.0. The van der Waals surface area contributed by atoms with E-state index in [1.165, 1.54) is 23.1 Å². The molecule has 196 valence electrons. The number of allylic oxidation sites excluding steroid dienone is 4. The second-order valence-corrected chi connectivity index (χ2v) is 12.6. The van der Waals surface area contributed by atoms with Gasteiger partial charge in [0.25, 0.3) is 0 Å². The van der Waals surface area contributed by atoms with Crippen molar-refractivity contribution < 1.29 is 14.3 Å². The van der Waals surface area contributed by atoms with Crippen molar-refractivity contribution in [1.29, 1.82) is 0 Å². The van der Waals surface area contributed by atoms with Crippen LogP contribution >= 0.6 is 0 Å². The van der Waals surface area contributed by atoms with E-state index in [2.05, 4.69) is 42.2 Å². The summed E-state index contributed by atoms with van der Waals surface area (Å²) in [4.78, 5) is 30.2. The number of methoxy groups -OCH3 is 1. The number of hydrogen-bond acceptors (Lipinski definition) is 4. The van der Waals surface area contributed by atoms with Gasteiger partial charge in [0.1, 0.15) is 5.78 Å². The van der Waals surface area contributed by atoms with Crippen molar-refractivity contribution in [3.05, 3.63) is 71.0 Å². The molecule has 4 heteroatoms. The molecule has 0 saturated heterocycles. The van der Waals surface area contributed by atoms with Gasteiger partial charge < -0.3 is 4.74 Å². The van der Waals surface area contributed by atoms with Crippen LogP contribution in [0.5, 0.6) is 5.88 Å². The highest BCUT2D eigenvalue weighted by Crippen LogP contribution is 2.66. The second kappa shape index (κ2) is 9.03. The van der Waals surface area contributed by atoms with Gasteiger partial charge in [-0.25, -0.2) is 4.98 Å². The van der Waals surface area contributed by atoms with Crippen LogP contribution in [0.25, 0.3) is 11.1 Å². The molecule has 2 aromatic rings. The highest BCUT2D eigenvalue weighted by molar-refractivity contribution is 5.93. The average Bonchev–Trinajstić information content (AvgIpc) is 3.74. The Morgan fingerprint density at radius 2 is 1.74 bits per heavy atom. The fourth-order valence-electron chi connectivity index (χ4n) is 8.66. The molecular weight excluding hydrogens is 470 g/mol. The van der Waals surface area contributed by atoms with E-state index in [-0.39, 0.29) is 17.1 Å². The van der Waals surface area contributed by atoms with E-state index in [9.17, 15) is 9.59 Å². The number of ether oxygens (including phenoxy) is 1. The summed E-state index contributed by atoms with van der Waals surface area (Å²) in [5, 5.41) is 0. The maximum absolute atomic E-state index is 13.5. The number of pyridine rings is 1. The first-order valence-corrected chi connectivity index (χ1v) is 14.6. The summed E-state index contributed by atoms with van der Waals surface area (Å²) in [5.74, 6) is 3.43. The Morgan fingerprint density at radius 1 is 0.947 bits per heavy atom. The first-order valence-electron chi connectivity index (χ1n) is 14.6. The minimum absolute atomic E-state index is 0.0589. The van der Waals surface area contributed by atoms with Gasteiger partial charge in [0.15, 0.2) is 5.78 Å². The third-order valence-electron chi connectivity index (χ3n) is 10.6. The number of carbonyl (C=O) groups excluding carboxylic acids is 2. The van der Waals surface area contributed by atoms with Gasteiger partial charge in [0, 0.05) is 42.0 Å². The maximum atomic E-state index is 13.5.